The number of amides is 1. The summed E-state index contributed by atoms with van der Waals surface area (Å²) < 4.78 is 29.4. The van der Waals surface area contributed by atoms with Crippen LogP contribution in [0.2, 0.25) is 0 Å². The Bertz CT molecular complexity index is 1070. The van der Waals surface area contributed by atoms with Crippen LogP contribution < -0.4 is 5.32 Å². The number of nitrogens with zero attached hydrogens (tertiary/aromatic N) is 2. The first-order chi connectivity index (χ1) is 12.7. The molecule has 0 bridgehead atoms. The number of allylic oxidation sites excluding steroid dienone is 1. The first-order valence-corrected chi connectivity index (χ1v) is 9.55. The molecule has 7 nitrogen and oxygen atoms in total. The van der Waals surface area contributed by atoms with E-state index in [1.54, 1.807) is 24.3 Å². The summed E-state index contributed by atoms with van der Waals surface area (Å²) in [6.07, 6.45) is 1.41. The molecule has 2 aromatic carbocycles. The molecule has 0 radical (unpaired) electrons. The van der Waals surface area contributed by atoms with Gasteiger partial charge in [0.1, 0.15) is 11.4 Å². The molecule has 0 aromatic heterocycles. The van der Waals surface area contributed by atoms with Crippen molar-refractivity contribution in [2.75, 3.05) is 12.4 Å². The highest BCUT2D eigenvalue weighted by Crippen LogP contribution is 2.26. The topological polar surface area (TPSA) is 99.1 Å². The maximum absolute atomic E-state index is 12.7. The third kappa shape index (κ3) is 3.85. The van der Waals surface area contributed by atoms with E-state index in [0.29, 0.717) is 5.56 Å². The average molecular weight is 385 g/mol. The Labute approximate surface area is 157 Å². The highest BCUT2D eigenvalue weighted by Gasteiger charge is 2.30. The minimum Gasteiger partial charge on any atom is -0.506 e. The first-order valence-electron chi connectivity index (χ1n) is 8.16. The minimum atomic E-state index is -4.04. The smallest absolute Gasteiger partial charge is 0.345 e. The van der Waals surface area contributed by atoms with E-state index in [1.165, 1.54) is 19.2 Å². The zero-order valence-corrected chi connectivity index (χ0v) is 15.9. The molecule has 1 aliphatic heterocycles. The van der Waals surface area contributed by atoms with Gasteiger partial charge in [-0.15, -0.1) is 4.40 Å². The molecule has 0 spiro atoms. The van der Waals surface area contributed by atoms with Crippen molar-refractivity contribution in [2.45, 2.75) is 13.8 Å². The monoisotopic (exact) mass is 385 g/mol. The number of aryl methyl sites for hydroxylation is 2. The number of anilines is 1. The van der Waals surface area contributed by atoms with Gasteiger partial charge in [0, 0.05) is 12.6 Å². The largest absolute Gasteiger partial charge is 0.506 e. The van der Waals surface area contributed by atoms with Crippen molar-refractivity contribution in [3.05, 3.63) is 70.9 Å². The summed E-state index contributed by atoms with van der Waals surface area (Å²) in [7, 11) is -2.79. The summed E-state index contributed by atoms with van der Waals surface area (Å²) >= 11 is 0. The third-order valence-corrected chi connectivity index (χ3v) is 5.47. The van der Waals surface area contributed by atoms with Crippen LogP contribution in [0.1, 0.15) is 16.7 Å². The van der Waals surface area contributed by atoms with E-state index >= 15 is 0 Å². The predicted octanol–water partition coefficient (Wildman–Crippen LogP) is 2.51. The molecule has 0 saturated heterocycles. The SMILES string of the molecule is Cc1ccc(C2=NS(=O)(=O)N(C)C(C(=O)Nc3cc(C)ccc3O)=C2)cc1. The number of nitrogens with one attached hydrogen (secondary N) is 1. The first kappa shape index (κ1) is 18.7. The van der Waals surface area contributed by atoms with E-state index in [4.69, 9.17) is 0 Å². The Balaban J connectivity index is 1.99. The zero-order valence-electron chi connectivity index (χ0n) is 15.1. The Kier molecular flexibility index (Phi) is 4.75. The van der Waals surface area contributed by atoms with Crippen LogP contribution in [0.25, 0.3) is 0 Å². The lowest BCUT2D eigenvalue weighted by Gasteiger charge is -2.23. The van der Waals surface area contributed by atoms with Gasteiger partial charge in [-0.3, -0.25) is 4.79 Å². The predicted molar refractivity (Wildman–Crippen MR) is 104 cm³/mol. The van der Waals surface area contributed by atoms with Gasteiger partial charge in [-0.05, 0) is 37.6 Å². The van der Waals surface area contributed by atoms with Gasteiger partial charge in [0.05, 0.1) is 11.4 Å². The molecule has 27 heavy (non-hydrogen) atoms. The van der Waals surface area contributed by atoms with Gasteiger partial charge >= 0.3 is 10.2 Å². The number of carbonyl (C=O) groups excluding carboxylic acids is 1. The van der Waals surface area contributed by atoms with Crippen LogP contribution in [0.15, 0.2) is 58.6 Å². The number of rotatable bonds is 3. The van der Waals surface area contributed by atoms with Crippen LogP contribution in [0.5, 0.6) is 5.75 Å². The second-order valence-corrected chi connectivity index (χ2v) is 7.92. The van der Waals surface area contributed by atoms with Crippen LogP contribution in [0.4, 0.5) is 5.69 Å². The molecule has 2 aromatic rings. The second-order valence-electron chi connectivity index (χ2n) is 6.29. The van der Waals surface area contributed by atoms with Gasteiger partial charge in [0.15, 0.2) is 0 Å². The number of hydrogen-bond donors (Lipinski definition) is 2. The summed E-state index contributed by atoms with van der Waals surface area (Å²) in [5, 5.41) is 12.5. The molecule has 0 aliphatic carbocycles. The highest BCUT2D eigenvalue weighted by atomic mass is 32.2. The number of benzene rings is 2. The van der Waals surface area contributed by atoms with E-state index in [-0.39, 0.29) is 22.8 Å². The van der Waals surface area contributed by atoms with Crippen molar-refractivity contribution in [3.8, 4) is 5.75 Å². The number of hydrogen-bond acceptors (Lipinski definition) is 4. The molecule has 0 atom stereocenters. The molecular formula is C19H19N3O4S. The minimum absolute atomic E-state index is 0.0959. The van der Waals surface area contributed by atoms with Gasteiger partial charge in [0.25, 0.3) is 5.91 Å². The van der Waals surface area contributed by atoms with E-state index in [0.717, 1.165) is 15.4 Å². The van der Waals surface area contributed by atoms with E-state index < -0.39 is 16.1 Å². The van der Waals surface area contributed by atoms with Crippen LogP contribution in [0.3, 0.4) is 0 Å². The Morgan fingerprint density at radius 2 is 1.70 bits per heavy atom. The molecular weight excluding hydrogens is 366 g/mol. The van der Waals surface area contributed by atoms with E-state index in [1.807, 2.05) is 26.0 Å². The molecule has 2 N–H and O–H groups in total. The number of carbonyl (C=O) groups is 1. The fraction of sp³-hybridized carbons (Fsp3) is 0.158. The molecule has 140 valence electrons. The van der Waals surface area contributed by atoms with Crippen molar-refractivity contribution < 1.29 is 18.3 Å². The number of phenolic OH excluding ortho intramolecular Hbond substituents is 1. The standard InChI is InChI=1S/C19H19N3O4S/c1-12-4-7-14(8-5-12)15-11-17(22(3)27(25,26)21-15)19(24)20-16-10-13(2)6-9-18(16)23/h4-11,23H,1-3H3,(H,20,24). The second kappa shape index (κ2) is 6.88. The molecule has 0 saturated carbocycles. The van der Waals surface area contributed by atoms with E-state index in [2.05, 4.69) is 9.71 Å². The maximum atomic E-state index is 12.7. The molecule has 0 fully saturated rings. The molecule has 1 aliphatic rings. The number of phenols is 1. The number of likely N-dealkylation sites (N-methyl/N-ethyl adjacent to an activating group) is 1. The van der Waals surface area contributed by atoms with Crippen LogP contribution in [0, 0.1) is 13.8 Å². The Morgan fingerprint density at radius 3 is 2.37 bits per heavy atom. The van der Waals surface area contributed by atoms with E-state index in [9.17, 15) is 18.3 Å². The molecule has 0 unspecified atom stereocenters. The van der Waals surface area contributed by atoms with Gasteiger partial charge in [-0.25, -0.2) is 4.31 Å². The van der Waals surface area contributed by atoms with Crippen molar-refractivity contribution in [1.29, 1.82) is 0 Å². The van der Waals surface area contributed by atoms with Crippen molar-refractivity contribution in [2.24, 2.45) is 4.40 Å². The molecule has 8 heteroatoms. The zero-order chi connectivity index (χ0) is 19.8. The summed E-state index contributed by atoms with van der Waals surface area (Å²) in [5.74, 6) is -0.773. The maximum Gasteiger partial charge on any atom is 0.345 e. The molecule has 3 rings (SSSR count). The van der Waals surface area contributed by atoms with Crippen molar-refractivity contribution in [3.63, 3.8) is 0 Å². The summed E-state index contributed by atoms with van der Waals surface area (Å²) in [4.78, 5) is 12.7. The van der Waals surface area contributed by atoms with Crippen LogP contribution >= 0.6 is 0 Å². The third-order valence-electron chi connectivity index (χ3n) is 4.15. The Hall–Kier alpha value is -3.13. The van der Waals surface area contributed by atoms with Gasteiger partial charge < -0.3 is 10.4 Å². The average Bonchev–Trinajstić information content (AvgIpc) is 2.61. The molecule has 1 amide bonds. The fourth-order valence-electron chi connectivity index (χ4n) is 2.56. The van der Waals surface area contributed by atoms with Gasteiger partial charge in [-0.2, -0.15) is 8.42 Å². The van der Waals surface area contributed by atoms with Gasteiger partial charge in [0.2, 0.25) is 0 Å². The number of aromatic hydroxyl groups is 1. The summed E-state index contributed by atoms with van der Waals surface area (Å²) in [6, 6.07) is 11.9. The lowest BCUT2D eigenvalue weighted by Crippen LogP contribution is -2.35. The lowest BCUT2D eigenvalue weighted by atomic mass is 10.1. The van der Waals surface area contributed by atoms with Crippen molar-refractivity contribution in [1.82, 2.24) is 4.31 Å². The van der Waals surface area contributed by atoms with Gasteiger partial charge in [-0.1, -0.05) is 35.9 Å². The van der Waals surface area contributed by atoms with Crippen LogP contribution in [-0.4, -0.2) is 36.5 Å². The lowest BCUT2D eigenvalue weighted by molar-refractivity contribution is -0.113. The summed E-state index contributed by atoms with van der Waals surface area (Å²) in [5.41, 5.74) is 2.72. The normalized spacial score (nSPS) is 15.7. The van der Waals surface area contributed by atoms with Crippen molar-refractivity contribution >= 4 is 27.5 Å². The Morgan fingerprint density at radius 1 is 1.07 bits per heavy atom. The fourth-order valence-corrected chi connectivity index (χ4v) is 3.48. The van der Waals surface area contributed by atoms with Crippen LogP contribution in [-0.2, 0) is 15.0 Å². The summed E-state index contributed by atoms with van der Waals surface area (Å²) in [6.45, 7) is 3.73. The molecule has 1 heterocycles. The quantitative estimate of drug-likeness (QED) is 0.793. The highest BCUT2D eigenvalue weighted by molar-refractivity contribution is 7.88.